The number of thioether (sulfide) groups is 1. The fourth-order valence-electron chi connectivity index (χ4n) is 3.46. The molecule has 1 aromatic carbocycles. The third-order valence-electron chi connectivity index (χ3n) is 4.92. The largest absolute Gasteiger partial charge is 0.275 e. The maximum atomic E-state index is 14.1. The van der Waals surface area contributed by atoms with Crippen molar-refractivity contribution in [3.05, 3.63) is 57.5 Å². The zero-order valence-corrected chi connectivity index (χ0v) is 15.5. The zero-order chi connectivity index (χ0) is 18.1. The summed E-state index contributed by atoms with van der Waals surface area (Å²) in [6.45, 7) is 1.74. The minimum atomic E-state index is -0.213. The maximum absolute atomic E-state index is 14.1. The Labute approximate surface area is 155 Å². The molecule has 1 aliphatic rings. The van der Waals surface area contributed by atoms with Crippen LogP contribution in [0.5, 0.6) is 0 Å². The number of hydrogen-bond donors (Lipinski definition) is 1. The van der Waals surface area contributed by atoms with Crippen molar-refractivity contribution >= 4 is 17.5 Å². The highest BCUT2D eigenvalue weighted by Crippen LogP contribution is 2.31. The van der Waals surface area contributed by atoms with Gasteiger partial charge in [0.2, 0.25) is 0 Å². The molecule has 7 heteroatoms. The zero-order valence-electron chi connectivity index (χ0n) is 14.7. The molecule has 0 aliphatic heterocycles. The SMILES string of the molecule is Cc1cccc(SCc2cc(=O)n3[nH]c(C4CCCCC4)nc3n2)c1F. The van der Waals surface area contributed by atoms with Crippen LogP contribution < -0.4 is 5.56 Å². The van der Waals surface area contributed by atoms with Gasteiger partial charge in [0.05, 0.1) is 5.69 Å². The van der Waals surface area contributed by atoms with Gasteiger partial charge in [-0.1, -0.05) is 31.4 Å². The number of hydrogen-bond acceptors (Lipinski definition) is 4. The van der Waals surface area contributed by atoms with Crippen LogP contribution in [-0.2, 0) is 5.75 Å². The molecule has 0 amide bonds. The Morgan fingerprint density at radius 3 is 2.88 bits per heavy atom. The molecule has 5 nitrogen and oxygen atoms in total. The minimum absolute atomic E-state index is 0.176. The fraction of sp³-hybridized carbons (Fsp3) is 0.421. The van der Waals surface area contributed by atoms with Gasteiger partial charge in [0.25, 0.3) is 11.3 Å². The van der Waals surface area contributed by atoms with Crippen LogP contribution in [0.4, 0.5) is 4.39 Å². The summed E-state index contributed by atoms with van der Waals surface area (Å²) >= 11 is 1.34. The minimum Gasteiger partial charge on any atom is -0.275 e. The number of benzene rings is 1. The molecule has 0 radical (unpaired) electrons. The molecule has 1 N–H and O–H groups in total. The molecule has 1 aliphatic carbocycles. The number of fused-ring (bicyclic) bond motifs is 1. The molecular weight excluding hydrogens is 351 g/mol. The topological polar surface area (TPSA) is 63.0 Å². The third-order valence-corrected chi connectivity index (χ3v) is 5.99. The Hall–Kier alpha value is -2.15. The first-order valence-corrected chi connectivity index (χ1v) is 9.97. The molecular formula is C19H21FN4OS. The molecule has 0 unspecified atom stereocenters. The van der Waals surface area contributed by atoms with E-state index in [1.54, 1.807) is 19.1 Å². The van der Waals surface area contributed by atoms with Gasteiger partial charge in [-0.05, 0) is 31.4 Å². The van der Waals surface area contributed by atoms with Crippen molar-refractivity contribution in [3.8, 4) is 0 Å². The Morgan fingerprint density at radius 1 is 1.27 bits per heavy atom. The van der Waals surface area contributed by atoms with Crippen molar-refractivity contribution in [1.82, 2.24) is 19.6 Å². The van der Waals surface area contributed by atoms with Gasteiger partial charge in [-0.3, -0.25) is 9.89 Å². The van der Waals surface area contributed by atoms with Crippen molar-refractivity contribution in [2.75, 3.05) is 0 Å². The number of H-pyrrole nitrogens is 1. The lowest BCUT2D eigenvalue weighted by Crippen LogP contribution is -2.16. The van der Waals surface area contributed by atoms with Crippen LogP contribution in [0.3, 0.4) is 0 Å². The third kappa shape index (κ3) is 3.40. The predicted octanol–water partition coefficient (Wildman–Crippen LogP) is 4.21. The van der Waals surface area contributed by atoms with Crippen molar-refractivity contribution in [3.63, 3.8) is 0 Å². The molecule has 2 aromatic heterocycles. The summed E-state index contributed by atoms with van der Waals surface area (Å²) in [5.41, 5.74) is 1.05. The lowest BCUT2D eigenvalue weighted by Gasteiger charge is -2.18. The normalized spacial score (nSPS) is 15.6. The van der Waals surface area contributed by atoms with Gasteiger partial charge < -0.3 is 0 Å². The van der Waals surface area contributed by atoms with Crippen molar-refractivity contribution in [2.45, 2.75) is 55.6 Å². The van der Waals surface area contributed by atoms with Crippen LogP contribution in [0.2, 0.25) is 0 Å². The average molecular weight is 372 g/mol. The van der Waals surface area contributed by atoms with Crippen LogP contribution in [0.25, 0.3) is 5.78 Å². The second kappa shape index (κ2) is 7.23. The van der Waals surface area contributed by atoms with Gasteiger partial charge in [0.15, 0.2) is 0 Å². The number of aromatic nitrogens is 4. The molecule has 2 heterocycles. The lowest BCUT2D eigenvalue weighted by atomic mass is 9.89. The highest BCUT2D eigenvalue weighted by Gasteiger charge is 2.20. The van der Waals surface area contributed by atoms with Gasteiger partial charge >= 0.3 is 0 Å². The van der Waals surface area contributed by atoms with Gasteiger partial charge in [0, 0.05) is 22.6 Å². The molecule has 0 atom stereocenters. The molecule has 1 saturated carbocycles. The first-order valence-electron chi connectivity index (χ1n) is 8.98. The predicted molar refractivity (Wildman–Crippen MR) is 100 cm³/mol. The van der Waals surface area contributed by atoms with E-state index in [1.165, 1.54) is 41.6 Å². The van der Waals surface area contributed by atoms with Gasteiger partial charge in [-0.15, -0.1) is 11.8 Å². The van der Waals surface area contributed by atoms with E-state index in [0.717, 1.165) is 18.7 Å². The summed E-state index contributed by atoms with van der Waals surface area (Å²) < 4.78 is 15.5. The van der Waals surface area contributed by atoms with Crippen molar-refractivity contribution in [2.24, 2.45) is 0 Å². The van der Waals surface area contributed by atoms with E-state index >= 15 is 0 Å². The highest BCUT2D eigenvalue weighted by atomic mass is 32.2. The van der Waals surface area contributed by atoms with Gasteiger partial charge in [-0.25, -0.2) is 9.37 Å². The summed E-state index contributed by atoms with van der Waals surface area (Å²) in [6.07, 6.45) is 5.88. The Bertz CT molecular complexity index is 991. The molecule has 0 saturated heterocycles. The second-order valence-electron chi connectivity index (χ2n) is 6.84. The van der Waals surface area contributed by atoms with Crippen LogP contribution in [0.1, 0.15) is 55.1 Å². The number of aromatic amines is 1. The molecule has 26 heavy (non-hydrogen) atoms. The lowest BCUT2D eigenvalue weighted by molar-refractivity contribution is 0.428. The van der Waals surface area contributed by atoms with E-state index in [-0.39, 0.29) is 11.4 Å². The van der Waals surface area contributed by atoms with E-state index in [9.17, 15) is 9.18 Å². The molecule has 1 fully saturated rings. The Balaban J connectivity index is 1.58. The average Bonchev–Trinajstić information content (AvgIpc) is 3.08. The van der Waals surface area contributed by atoms with E-state index in [1.807, 2.05) is 6.07 Å². The standard InChI is InChI=1S/C19H21FN4OS/c1-12-6-5-9-15(17(12)20)26-11-14-10-16(25)24-19(21-14)22-18(23-24)13-7-3-2-4-8-13/h5-6,9-10,13H,2-4,7-8,11H2,1H3,(H,21,22,23). The number of nitrogens with zero attached hydrogens (tertiary/aromatic N) is 3. The van der Waals surface area contributed by atoms with Crippen LogP contribution in [0.15, 0.2) is 34.0 Å². The second-order valence-corrected chi connectivity index (χ2v) is 7.86. The van der Waals surface area contributed by atoms with Crippen LogP contribution >= 0.6 is 11.8 Å². The van der Waals surface area contributed by atoms with E-state index in [4.69, 9.17) is 0 Å². The summed E-state index contributed by atoms with van der Waals surface area (Å²) in [6, 6.07) is 6.81. The Morgan fingerprint density at radius 2 is 2.08 bits per heavy atom. The smallest absolute Gasteiger partial charge is 0.274 e. The first kappa shape index (κ1) is 17.3. The van der Waals surface area contributed by atoms with Gasteiger partial charge in [-0.2, -0.15) is 9.50 Å². The molecule has 0 bridgehead atoms. The summed E-state index contributed by atoms with van der Waals surface area (Å²) in [4.78, 5) is 22.0. The van der Waals surface area contributed by atoms with E-state index < -0.39 is 0 Å². The number of nitrogens with one attached hydrogen (secondary N) is 1. The number of halogens is 1. The van der Waals surface area contributed by atoms with Crippen LogP contribution in [-0.4, -0.2) is 19.6 Å². The fourth-order valence-corrected chi connectivity index (χ4v) is 4.37. The molecule has 136 valence electrons. The van der Waals surface area contributed by atoms with E-state index in [0.29, 0.717) is 33.6 Å². The first-order chi connectivity index (χ1) is 12.6. The molecule has 4 rings (SSSR count). The number of aryl methyl sites for hydroxylation is 1. The monoisotopic (exact) mass is 372 g/mol. The summed E-state index contributed by atoms with van der Waals surface area (Å²) in [5, 5.41) is 3.11. The van der Waals surface area contributed by atoms with Crippen molar-refractivity contribution < 1.29 is 4.39 Å². The van der Waals surface area contributed by atoms with E-state index in [2.05, 4.69) is 15.1 Å². The summed E-state index contributed by atoms with van der Waals surface area (Å²) in [5.74, 6) is 1.85. The molecule has 0 spiro atoms. The Kier molecular flexibility index (Phi) is 4.80. The number of rotatable bonds is 4. The van der Waals surface area contributed by atoms with Crippen molar-refractivity contribution in [1.29, 1.82) is 0 Å². The quantitative estimate of drug-likeness (QED) is 0.697. The van der Waals surface area contributed by atoms with Gasteiger partial charge in [0.1, 0.15) is 11.6 Å². The maximum Gasteiger partial charge on any atom is 0.274 e. The highest BCUT2D eigenvalue weighted by molar-refractivity contribution is 7.98. The summed E-state index contributed by atoms with van der Waals surface area (Å²) in [7, 11) is 0. The molecule has 3 aromatic rings. The van der Waals surface area contributed by atoms with Crippen LogP contribution in [0, 0.1) is 12.7 Å².